The number of fused-ring (bicyclic) bond motifs is 1. The van der Waals surface area contributed by atoms with Crippen LogP contribution in [0.5, 0.6) is 5.75 Å². The molecule has 5 rings (SSSR count). The van der Waals surface area contributed by atoms with Crippen LogP contribution < -0.4 is 15.2 Å². The predicted molar refractivity (Wildman–Crippen MR) is 129 cm³/mol. The highest BCUT2D eigenvalue weighted by Gasteiger charge is 2.40. The highest BCUT2D eigenvalue weighted by Crippen LogP contribution is 2.34. The van der Waals surface area contributed by atoms with E-state index in [4.69, 9.17) is 9.47 Å². The molecule has 8 heteroatoms. The number of hydrogen-bond acceptors (Lipinski definition) is 6. The molecule has 2 aromatic rings. The topological polar surface area (TPSA) is 108 Å². The first-order valence-corrected chi connectivity index (χ1v) is 12.4. The van der Waals surface area contributed by atoms with Gasteiger partial charge in [-0.2, -0.15) is 0 Å². The molecule has 1 N–H and O–H groups in total. The number of nitrogens with zero attached hydrogens (tertiary/aromatic N) is 1. The van der Waals surface area contributed by atoms with E-state index in [2.05, 4.69) is 5.32 Å². The van der Waals surface area contributed by atoms with Crippen molar-refractivity contribution < 1.29 is 29.0 Å². The average molecular weight is 490 g/mol. The number of carbonyl (C=O) groups excluding carboxylic acids is 3. The van der Waals surface area contributed by atoms with Crippen LogP contribution >= 0.6 is 0 Å². The zero-order chi connectivity index (χ0) is 25.1. The first kappa shape index (κ1) is 24.2. The predicted octanol–water partition coefficient (Wildman–Crippen LogP) is 2.03. The fourth-order valence-corrected chi connectivity index (χ4v) is 4.97. The van der Waals surface area contributed by atoms with Crippen LogP contribution in [0, 0.1) is 0 Å². The summed E-state index contributed by atoms with van der Waals surface area (Å²) in [5.41, 5.74) is 4.26. The molecular formula is C28H29N2O6-. The van der Waals surface area contributed by atoms with Crippen molar-refractivity contribution >= 4 is 17.7 Å². The molecule has 8 nitrogen and oxygen atoms in total. The summed E-state index contributed by atoms with van der Waals surface area (Å²) in [6.45, 7) is 1.77. The van der Waals surface area contributed by atoms with Crippen molar-refractivity contribution in [3.63, 3.8) is 0 Å². The molecule has 0 aliphatic carbocycles. The number of hydrogen-bond donors (Lipinski definition) is 1. The maximum absolute atomic E-state index is 13.0. The van der Waals surface area contributed by atoms with Gasteiger partial charge in [0.15, 0.2) is 0 Å². The first-order chi connectivity index (χ1) is 17.5. The number of rotatable bonds is 6. The Morgan fingerprint density at radius 2 is 1.83 bits per heavy atom. The molecular weight excluding hydrogens is 460 g/mol. The summed E-state index contributed by atoms with van der Waals surface area (Å²) in [7, 11) is 0. The number of amides is 3. The van der Waals surface area contributed by atoms with Crippen molar-refractivity contribution in [1.29, 1.82) is 0 Å². The fourth-order valence-electron chi connectivity index (χ4n) is 4.97. The Bertz CT molecular complexity index is 1190. The van der Waals surface area contributed by atoms with Gasteiger partial charge in [0.1, 0.15) is 18.4 Å². The van der Waals surface area contributed by atoms with Gasteiger partial charge in [0.05, 0.1) is 13.2 Å². The van der Waals surface area contributed by atoms with Crippen LogP contribution in [0.1, 0.15) is 52.7 Å². The van der Waals surface area contributed by atoms with E-state index in [0.29, 0.717) is 50.4 Å². The summed E-state index contributed by atoms with van der Waals surface area (Å²) >= 11 is 0. The zero-order valence-electron chi connectivity index (χ0n) is 20.0. The van der Waals surface area contributed by atoms with Crippen LogP contribution in [0.4, 0.5) is 0 Å². The second-order valence-corrected chi connectivity index (χ2v) is 9.42. The van der Waals surface area contributed by atoms with Gasteiger partial charge in [0.25, 0.3) is 5.91 Å². The number of carbonyl (C=O) groups is 3. The Labute approximate surface area is 209 Å². The molecule has 2 unspecified atom stereocenters. The quantitative estimate of drug-likeness (QED) is 0.492. The molecule has 0 aromatic heterocycles. The lowest BCUT2D eigenvalue weighted by Gasteiger charge is -2.29. The Hall–Kier alpha value is -3.49. The van der Waals surface area contributed by atoms with E-state index in [1.165, 1.54) is 4.90 Å². The second-order valence-electron chi connectivity index (χ2n) is 9.42. The summed E-state index contributed by atoms with van der Waals surface area (Å²) in [6.07, 6.45) is 3.74. The molecule has 188 valence electrons. The summed E-state index contributed by atoms with van der Waals surface area (Å²) in [5, 5.41) is 14.7. The molecule has 3 aliphatic heterocycles. The molecule has 2 aromatic carbocycles. The van der Waals surface area contributed by atoms with Gasteiger partial charge in [-0.25, -0.2) is 0 Å². The van der Waals surface area contributed by atoms with E-state index in [1.54, 1.807) is 12.1 Å². The van der Waals surface area contributed by atoms with E-state index >= 15 is 0 Å². The Morgan fingerprint density at radius 1 is 1.03 bits per heavy atom. The smallest absolute Gasteiger partial charge is 0.255 e. The number of benzene rings is 2. The normalized spacial score (nSPS) is 22.4. The molecule has 1 saturated heterocycles. The van der Waals surface area contributed by atoms with Gasteiger partial charge in [-0.05, 0) is 48.9 Å². The maximum atomic E-state index is 13.0. The molecule has 3 heterocycles. The van der Waals surface area contributed by atoms with Gasteiger partial charge in [0.2, 0.25) is 11.8 Å². The van der Waals surface area contributed by atoms with Gasteiger partial charge in [-0.1, -0.05) is 42.0 Å². The SMILES string of the molecule is O=C1CCC(N2Cc3c(OCc4ccc(CC5=CCCOCCC5[O-])cc4)cccc3C2=O)C(=O)N1. The lowest BCUT2D eigenvalue weighted by atomic mass is 9.96. The van der Waals surface area contributed by atoms with Crippen LogP contribution in [0.15, 0.2) is 54.1 Å². The Kier molecular flexibility index (Phi) is 7.16. The molecule has 0 spiro atoms. The highest BCUT2D eigenvalue weighted by molar-refractivity contribution is 6.05. The average Bonchev–Trinajstić information content (AvgIpc) is 3.20. The van der Waals surface area contributed by atoms with Crippen LogP contribution in [-0.4, -0.2) is 48.0 Å². The minimum Gasteiger partial charge on any atom is -0.849 e. The molecule has 0 bridgehead atoms. The minimum absolute atomic E-state index is 0.219. The van der Waals surface area contributed by atoms with Crippen LogP contribution in [0.2, 0.25) is 0 Å². The van der Waals surface area contributed by atoms with Gasteiger partial charge in [-0.3, -0.25) is 19.7 Å². The maximum Gasteiger partial charge on any atom is 0.255 e. The fraction of sp³-hybridized carbons (Fsp3) is 0.393. The van der Waals surface area contributed by atoms with Crippen LogP contribution in [-0.2, 0) is 33.9 Å². The van der Waals surface area contributed by atoms with Crippen molar-refractivity contribution in [2.75, 3.05) is 13.2 Å². The Balaban J connectivity index is 1.23. The van der Waals surface area contributed by atoms with Crippen molar-refractivity contribution in [3.05, 3.63) is 76.4 Å². The van der Waals surface area contributed by atoms with E-state index in [-0.39, 0.29) is 24.8 Å². The van der Waals surface area contributed by atoms with E-state index in [0.717, 1.165) is 28.7 Å². The monoisotopic (exact) mass is 489 g/mol. The van der Waals surface area contributed by atoms with Gasteiger partial charge >= 0.3 is 0 Å². The van der Waals surface area contributed by atoms with E-state index in [9.17, 15) is 19.5 Å². The zero-order valence-corrected chi connectivity index (χ0v) is 20.0. The second kappa shape index (κ2) is 10.6. The van der Waals surface area contributed by atoms with E-state index < -0.39 is 18.1 Å². The molecule has 2 atom stereocenters. The number of imide groups is 1. The number of piperidine rings is 1. The lowest BCUT2D eigenvalue weighted by molar-refractivity contribution is -0.409. The van der Waals surface area contributed by atoms with Crippen molar-refractivity contribution in [2.45, 2.75) is 57.4 Å². The third-order valence-corrected chi connectivity index (χ3v) is 6.97. The summed E-state index contributed by atoms with van der Waals surface area (Å²) in [4.78, 5) is 38.3. The largest absolute Gasteiger partial charge is 0.849 e. The Morgan fingerprint density at radius 3 is 2.64 bits per heavy atom. The van der Waals surface area contributed by atoms with Crippen LogP contribution in [0.3, 0.4) is 0 Å². The molecule has 36 heavy (non-hydrogen) atoms. The summed E-state index contributed by atoms with van der Waals surface area (Å²) < 4.78 is 11.5. The summed E-state index contributed by atoms with van der Waals surface area (Å²) in [5.74, 6) is -0.349. The van der Waals surface area contributed by atoms with Crippen molar-refractivity contribution in [1.82, 2.24) is 10.2 Å². The summed E-state index contributed by atoms with van der Waals surface area (Å²) in [6, 6.07) is 12.7. The number of ether oxygens (including phenoxy) is 2. The van der Waals surface area contributed by atoms with Gasteiger partial charge in [-0.15, -0.1) is 6.10 Å². The highest BCUT2D eigenvalue weighted by atomic mass is 16.5. The van der Waals surface area contributed by atoms with E-state index in [1.807, 2.05) is 36.4 Å². The third-order valence-electron chi connectivity index (χ3n) is 6.97. The number of nitrogens with one attached hydrogen (secondary N) is 1. The van der Waals surface area contributed by atoms with Gasteiger partial charge < -0.3 is 19.5 Å². The molecule has 3 amide bonds. The molecule has 3 aliphatic rings. The standard InChI is InChI=1S/C28H29N2O6/c31-24-12-14-35-13-2-3-20(24)15-18-6-8-19(9-7-18)17-36-25-5-1-4-21-22(25)16-30(28(21)34)23-10-11-26(32)29-27(23)33/h1,3-9,23-24H,2,10-17H2,(H,29,32,33)/q-1. The van der Waals surface area contributed by atoms with Gasteiger partial charge in [0, 0.05) is 24.2 Å². The molecule has 0 radical (unpaired) electrons. The third kappa shape index (κ3) is 5.20. The molecule has 0 saturated carbocycles. The van der Waals surface area contributed by atoms with Crippen molar-refractivity contribution in [3.8, 4) is 5.75 Å². The minimum atomic E-state index is -0.726. The van der Waals surface area contributed by atoms with Crippen LogP contribution in [0.25, 0.3) is 0 Å². The first-order valence-electron chi connectivity index (χ1n) is 12.4. The lowest BCUT2D eigenvalue weighted by Crippen LogP contribution is -2.52. The molecule has 1 fully saturated rings. The van der Waals surface area contributed by atoms with Crippen molar-refractivity contribution in [2.24, 2.45) is 0 Å².